The fourth-order valence-corrected chi connectivity index (χ4v) is 4.44. The molecule has 1 atom stereocenters. The fraction of sp³-hybridized carbons (Fsp3) is 0.200. The maximum Gasteiger partial charge on any atom is 0.319 e. The van der Waals surface area contributed by atoms with Crippen molar-refractivity contribution < 1.29 is 9.59 Å². The summed E-state index contributed by atoms with van der Waals surface area (Å²) in [5.41, 5.74) is 3.60. The van der Waals surface area contributed by atoms with E-state index in [0.717, 1.165) is 24.0 Å². The highest BCUT2D eigenvalue weighted by Crippen LogP contribution is 2.36. The first-order chi connectivity index (χ1) is 15.6. The number of carbonyl (C=O) groups is 2. The van der Waals surface area contributed by atoms with Gasteiger partial charge < -0.3 is 16.0 Å². The second kappa shape index (κ2) is 10.6. The average molecular weight is 466 g/mol. The summed E-state index contributed by atoms with van der Waals surface area (Å²) in [5, 5.41) is 9.31. The highest BCUT2D eigenvalue weighted by atomic mass is 35.5. The Kier molecular flexibility index (Phi) is 7.35. The summed E-state index contributed by atoms with van der Waals surface area (Å²) < 4.78 is 0. The lowest BCUT2D eigenvalue weighted by Gasteiger charge is -2.18. The molecule has 1 saturated carbocycles. The van der Waals surface area contributed by atoms with Crippen LogP contribution in [0.25, 0.3) is 0 Å². The molecule has 1 unspecified atom stereocenters. The first-order valence-electron chi connectivity index (χ1n) is 10.5. The van der Waals surface area contributed by atoms with Gasteiger partial charge in [-0.05, 0) is 60.4 Å². The molecule has 1 aliphatic carbocycles. The Morgan fingerprint density at radius 2 is 1.44 bits per heavy atom. The first kappa shape index (κ1) is 22.2. The molecule has 0 saturated heterocycles. The van der Waals surface area contributed by atoms with Gasteiger partial charge in [0.15, 0.2) is 0 Å². The monoisotopic (exact) mass is 465 g/mol. The van der Waals surface area contributed by atoms with E-state index in [-0.39, 0.29) is 17.2 Å². The van der Waals surface area contributed by atoms with Crippen LogP contribution in [0.2, 0.25) is 5.02 Å². The normalized spacial score (nSPS) is 13.8. The Balaban J connectivity index is 1.33. The highest BCUT2D eigenvalue weighted by molar-refractivity contribution is 8.00. The molecule has 0 bridgehead atoms. The molecule has 3 N–H and O–H groups in total. The molecule has 0 heterocycles. The van der Waals surface area contributed by atoms with Crippen LogP contribution >= 0.6 is 23.4 Å². The lowest BCUT2D eigenvalue weighted by Crippen LogP contribution is -2.30. The number of anilines is 2. The van der Waals surface area contributed by atoms with E-state index >= 15 is 0 Å². The fourth-order valence-electron chi connectivity index (χ4n) is 3.22. The largest absolute Gasteiger partial charge is 0.335 e. The van der Waals surface area contributed by atoms with Gasteiger partial charge >= 0.3 is 6.03 Å². The Labute approximate surface area is 196 Å². The van der Waals surface area contributed by atoms with Gasteiger partial charge in [0, 0.05) is 22.4 Å². The summed E-state index contributed by atoms with van der Waals surface area (Å²) >= 11 is 7.61. The number of benzene rings is 3. The molecule has 7 heteroatoms. The van der Waals surface area contributed by atoms with Gasteiger partial charge in [-0.1, -0.05) is 54.1 Å². The van der Waals surface area contributed by atoms with Crippen LogP contribution in [0.1, 0.15) is 29.2 Å². The lowest BCUT2D eigenvalue weighted by atomic mass is 10.0. The zero-order valence-electron chi connectivity index (χ0n) is 17.4. The highest BCUT2D eigenvalue weighted by Gasteiger charge is 2.23. The maximum absolute atomic E-state index is 12.6. The smallest absolute Gasteiger partial charge is 0.319 e. The van der Waals surface area contributed by atoms with Crippen molar-refractivity contribution in [2.45, 2.75) is 24.1 Å². The summed E-state index contributed by atoms with van der Waals surface area (Å²) in [5.74, 6) is 0.212. The SMILES string of the molecule is O=C(CSC(c1ccccc1)c1ccc(Cl)cc1)Nc1ccc(NC(=O)NC2CC2)cc1. The number of rotatable bonds is 8. The molecule has 4 rings (SSSR count). The molecule has 0 aromatic heterocycles. The van der Waals surface area contributed by atoms with E-state index in [1.165, 1.54) is 0 Å². The summed E-state index contributed by atoms with van der Waals surface area (Å²) in [6.45, 7) is 0. The molecular formula is C25H24ClN3O2S. The van der Waals surface area contributed by atoms with Crippen molar-refractivity contribution in [2.75, 3.05) is 16.4 Å². The van der Waals surface area contributed by atoms with Gasteiger partial charge in [-0.15, -0.1) is 11.8 Å². The molecule has 0 spiro atoms. The van der Waals surface area contributed by atoms with Crippen molar-refractivity contribution in [2.24, 2.45) is 0 Å². The first-order valence-corrected chi connectivity index (χ1v) is 11.9. The van der Waals surface area contributed by atoms with Crippen LogP contribution in [0.3, 0.4) is 0 Å². The second-order valence-corrected chi connectivity index (χ2v) is 9.18. The van der Waals surface area contributed by atoms with E-state index in [1.54, 1.807) is 36.0 Å². The minimum atomic E-state index is -0.199. The standard InChI is InChI=1S/C25H24ClN3O2S/c26-19-8-6-18(7-9-19)24(17-4-2-1-3-5-17)32-16-23(30)27-20-10-12-21(13-11-20)28-25(31)29-22-14-15-22/h1-13,22,24H,14-16H2,(H,27,30)(H2,28,29,31). The van der Waals surface area contributed by atoms with E-state index in [2.05, 4.69) is 28.1 Å². The molecule has 3 aromatic rings. The Bertz CT molecular complexity index is 1050. The Morgan fingerprint density at radius 3 is 2.06 bits per heavy atom. The van der Waals surface area contributed by atoms with Crippen molar-refractivity contribution in [3.8, 4) is 0 Å². The van der Waals surface area contributed by atoms with Crippen molar-refractivity contribution in [1.29, 1.82) is 0 Å². The van der Waals surface area contributed by atoms with E-state index < -0.39 is 0 Å². The molecule has 1 aliphatic rings. The van der Waals surface area contributed by atoms with E-state index in [9.17, 15) is 9.59 Å². The van der Waals surface area contributed by atoms with Gasteiger partial charge in [0.05, 0.1) is 11.0 Å². The quantitative estimate of drug-likeness (QED) is 0.377. The number of amides is 3. The predicted molar refractivity (Wildman–Crippen MR) is 132 cm³/mol. The Hall–Kier alpha value is -2.96. The number of hydrogen-bond donors (Lipinski definition) is 3. The van der Waals surface area contributed by atoms with Crippen LogP contribution in [0.5, 0.6) is 0 Å². The molecule has 0 aliphatic heterocycles. The van der Waals surface area contributed by atoms with Crippen LogP contribution in [0, 0.1) is 0 Å². The van der Waals surface area contributed by atoms with Gasteiger partial charge in [-0.25, -0.2) is 4.79 Å². The van der Waals surface area contributed by atoms with Crippen LogP contribution in [0.4, 0.5) is 16.2 Å². The van der Waals surface area contributed by atoms with Gasteiger partial charge in [0.25, 0.3) is 0 Å². The van der Waals surface area contributed by atoms with Crippen LogP contribution < -0.4 is 16.0 Å². The van der Waals surface area contributed by atoms with Gasteiger partial charge in [0.2, 0.25) is 5.91 Å². The number of hydrogen-bond acceptors (Lipinski definition) is 3. The van der Waals surface area contributed by atoms with Crippen LogP contribution in [0.15, 0.2) is 78.9 Å². The third-order valence-electron chi connectivity index (χ3n) is 5.00. The third-order valence-corrected chi connectivity index (χ3v) is 6.55. The number of carbonyl (C=O) groups excluding carboxylic acids is 2. The summed E-state index contributed by atoms with van der Waals surface area (Å²) in [6.07, 6.45) is 2.08. The molecular weight excluding hydrogens is 442 g/mol. The Morgan fingerprint density at radius 1 is 0.844 bits per heavy atom. The molecule has 32 heavy (non-hydrogen) atoms. The molecule has 5 nitrogen and oxygen atoms in total. The topological polar surface area (TPSA) is 70.2 Å². The van der Waals surface area contributed by atoms with Crippen molar-refractivity contribution in [3.63, 3.8) is 0 Å². The molecule has 3 aromatic carbocycles. The van der Waals surface area contributed by atoms with E-state index in [1.807, 2.05) is 42.5 Å². The number of thioether (sulfide) groups is 1. The molecule has 0 radical (unpaired) electrons. The zero-order chi connectivity index (χ0) is 22.3. The van der Waals surface area contributed by atoms with Crippen molar-refractivity contribution in [3.05, 3.63) is 95.0 Å². The minimum absolute atomic E-state index is 0.0239. The van der Waals surface area contributed by atoms with E-state index in [0.29, 0.717) is 28.2 Å². The van der Waals surface area contributed by atoms with E-state index in [4.69, 9.17) is 11.6 Å². The minimum Gasteiger partial charge on any atom is -0.335 e. The van der Waals surface area contributed by atoms with Gasteiger partial charge in [-0.2, -0.15) is 0 Å². The van der Waals surface area contributed by atoms with Crippen molar-refractivity contribution in [1.82, 2.24) is 5.32 Å². The average Bonchev–Trinajstić information content (AvgIpc) is 3.61. The zero-order valence-corrected chi connectivity index (χ0v) is 19.0. The van der Waals surface area contributed by atoms with Crippen molar-refractivity contribution >= 4 is 46.7 Å². The summed E-state index contributed by atoms with van der Waals surface area (Å²) in [6, 6.07) is 25.1. The maximum atomic E-state index is 12.6. The summed E-state index contributed by atoms with van der Waals surface area (Å²) in [4.78, 5) is 24.4. The number of halogens is 1. The third kappa shape index (κ3) is 6.52. The predicted octanol–water partition coefficient (Wildman–Crippen LogP) is 6.09. The van der Waals surface area contributed by atoms with Crippen LogP contribution in [-0.4, -0.2) is 23.7 Å². The van der Waals surface area contributed by atoms with Gasteiger partial charge in [0.1, 0.15) is 0 Å². The molecule has 164 valence electrons. The van der Waals surface area contributed by atoms with Crippen LogP contribution in [-0.2, 0) is 4.79 Å². The number of nitrogens with one attached hydrogen (secondary N) is 3. The molecule has 3 amide bonds. The van der Waals surface area contributed by atoms with Gasteiger partial charge in [-0.3, -0.25) is 4.79 Å². The lowest BCUT2D eigenvalue weighted by molar-refractivity contribution is -0.113. The number of urea groups is 1. The second-order valence-electron chi connectivity index (χ2n) is 7.65. The molecule has 1 fully saturated rings. The summed E-state index contributed by atoms with van der Waals surface area (Å²) in [7, 11) is 0.